The number of hydrogen-bond acceptors (Lipinski definition) is 4. The lowest BCUT2D eigenvalue weighted by Gasteiger charge is -2.07. The first kappa shape index (κ1) is 16.7. The van der Waals surface area contributed by atoms with Crippen molar-refractivity contribution in [3.8, 4) is 17.9 Å². The predicted octanol–water partition coefficient (Wildman–Crippen LogP) is 3.45. The predicted molar refractivity (Wildman–Crippen MR) is 76.8 cm³/mol. The summed E-state index contributed by atoms with van der Waals surface area (Å²) in [4.78, 5) is 0. The molecule has 4 nitrogen and oxygen atoms in total. The maximum atomic E-state index is 13.8. The smallest absolute Gasteiger partial charge is 0.134 e. The third kappa shape index (κ3) is 6.07. The highest BCUT2D eigenvalue weighted by molar-refractivity contribution is 5.62. The first-order valence-corrected chi connectivity index (χ1v) is 6.73. The summed E-state index contributed by atoms with van der Waals surface area (Å²) in [6.07, 6.45) is 3.29. The Labute approximate surface area is 124 Å². The summed E-state index contributed by atoms with van der Waals surface area (Å²) in [5.74, 6) is -0.151. The summed E-state index contributed by atoms with van der Waals surface area (Å²) >= 11 is 0. The molecule has 110 valence electrons. The van der Waals surface area contributed by atoms with E-state index >= 15 is 0 Å². The fourth-order valence-corrected chi connectivity index (χ4v) is 1.53. The molecule has 1 rings (SSSR count). The van der Waals surface area contributed by atoms with Crippen LogP contribution in [0, 0.1) is 28.5 Å². The van der Waals surface area contributed by atoms with E-state index in [4.69, 9.17) is 20.0 Å². The first-order valence-electron chi connectivity index (χ1n) is 6.73. The number of hydrogen-bond donors (Lipinski definition) is 0. The van der Waals surface area contributed by atoms with Crippen molar-refractivity contribution >= 4 is 6.08 Å². The van der Waals surface area contributed by atoms with Gasteiger partial charge in [-0.2, -0.15) is 10.5 Å². The molecule has 0 atom stereocenters. The van der Waals surface area contributed by atoms with Crippen molar-refractivity contribution in [2.75, 3.05) is 19.8 Å². The van der Waals surface area contributed by atoms with Gasteiger partial charge in [-0.05, 0) is 24.6 Å². The Morgan fingerprint density at radius 1 is 1.24 bits per heavy atom. The average molecular weight is 288 g/mol. The van der Waals surface area contributed by atoms with Gasteiger partial charge >= 0.3 is 0 Å². The molecule has 0 aliphatic rings. The van der Waals surface area contributed by atoms with E-state index in [9.17, 15) is 4.39 Å². The van der Waals surface area contributed by atoms with Gasteiger partial charge in [0.15, 0.2) is 0 Å². The van der Waals surface area contributed by atoms with Crippen molar-refractivity contribution in [2.24, 2.45) is 0 Å². The molecule has 0 N–H and O–H groups in total. The minimum absolute atomic E-state index is 0.146. The molecule has 0 aromatic heterocycles. The van der Waals surface area contributed by atoms with E-state index in [2.05, 4.69) is 6.92 Å². The van der Waals surface area contributed by atoms with Crippen LogP contribution in [-0.2, 0) is 4.74 Å². The zero-order valence-corrected chi connectivity index (χ0v) is 11.9. The van der Waals surface area contributed by atoms with E-state index in [-0.39, 0.29) is 11.1 Å². The zero-order valence-electron chi connectivity index (χ0n) is 11.9. The molecule has 21 heavy (non-hydrogen) atoms. The largest absolute Gasteiger partial charge is 0.491 e. The number of nitriles is 2. The Hall–Kier alpha value is -2.37. The molecule has 1 aromatic rings. The number of nitrogens with zero attached hydrogens (tertiary/aromatic N) is 2. The second-order valence-electron chi connectivity index (χ2n) is 4.28. The summed E-state index contributed by atoms with van der Waals surface area (Å²) in [6, 6.07) is 7.66. The molecule has 0 unspecified atom stereocenters. The van der Waals surface area contributed by atoms with Gasteiger partial charge < -0.3 is 9.47 Å². The van der Waals surface area contributed by atoms with Crippen LogP contribution < -0.4 is 4.74 Å². The molecule has 0 bridgehead atoms. The van der Waals surface area contributed by atoms with Gasteiger partial charge in [0.2, 0.25) is 0 Å². The lowest BCUT2D eigenvalue weighted by atomic mass is 10.1. The van der Waals surface area contributed by atoms with Crippen LogP contribution in [-0.4, -0.2) is 19.8 Å². The van der Waals surface area contributed by atoms with Crippen LogP contribution in [0.15, 0.2) is 23.8 Å². The Morgan fingerprint density at radius 2 is 2.00 bits per heavy atom. The summed E-state index contributed by atoms with van der Waals surface area (Å²) in [6.45, 7) is 3.59. The van der Waals surface area contributed by atoms with E-state index in [0.717, 1.165) is 12.8 Å². The number of halogens is 1. The maximum absolute atomic E-state index is 13.8. The standard InChI is InChI=1S/C16H17FN2O2/c1-2-3-6-20-7-8-21-15-5-4-14(16(17)10-15)9-13(11-18)12-19/h4-5,9-10H,2-3,6-8H2,1H3. The normalized spacial score (nSPS) is 9.52. The van der Waals surface area contributed by atoms with Crippen molar-refractivity contribution in [1.29, 1.82) is 10.5 Å². The second kappa shape index (κ2) is 9.52. The summed E-state index contributed by atoms with van der Waals surface area (Å²) in [5.41, 5.74) is 0.0338. The van der Waals surface area contributed by atoms with Gasteiger partial charge in [0.25, 0.3) is 0 Å². The number of allylic oxidation sites excluding steroid dienone is 1. The molecule has 0 aliphatic heterocycles. The van der Waals surface area contributed by atoms with Crippen LogP contribution in [0.4, 0.5) is 4.39 Å². The molecule has 5 heteroatoms. The van der Waals surface area contributed by atoms with E-state index in [1.165, 1.54) is 18.2 Å². The van der Waals surface area contributed by atoms with Crippen LogP contribution >= 0.6 is 0 Å². The quantitative estimate of drug-likeness (QED) is 0.543. The Balaban J connectivity index is 2.53. The van der Waals surface area contributed by atoms with Crippen LogP contribution in [0.1, 0.15) is 25.3 Å². The Morgan fingerprint density at radius 3 is 2.62 bits per heavy atom. The van der Waals surface area contributed by atoms with Gasteiger partial charge in [0, 0.05) is 18.2 Å². The lowest BCUT2D eigenvalue weighted by Crippen LogP contribution is -2.07. The number of rotatable bonds is 8. The van der Waals surface area contributed by atoms with Gasteiger partial charge in [-0.3, -0.25) is 0 Å². The molecule has 0 saturated carbocycles. The molecule has 0 amide bonds. The van der Waals surface area contributed by atoms with E-state index in [0.29, 0.717) is 25.6 Å². The van der Waals surface area contributed by atoms with Crippen molar-refractivity contribution in [3.63, 3.8) is 0 Å². The summed E-state index contributed by atoms with van der Waals surface area (Å²) < 4.78 is 24.5. The van der Waals surface area contributed by atoms with Crippen molar-refractivity contribution in [1.82, 2.24) is 0 Å². The van der Waals surface area contributed by atoms with Crippen molar-refractivity contribution in [3.05, 3.63) is 35.2 Å². The molecule has 1 aromatic carbocycles. The van der Waals surface area contributed by atoms with Crippen LogP contribution in [0.2, 0.25) is 0 Å². The molecular weight excluding hydrogens is 271 g/mol. The fourth-order valence-electron chi connectivity index (χ4n) is 1.53. The molecule has 0 fully saturated rings. The Bertz CT molecular complexity index is 555. The second-order valence-corrected chi connectivity index (χ2v) is 4.28. The SMILES string of the molecule is CCCCOCCOc1ccc(C=C(C#N)C#N)c(F)c1. The summed E-state index contributed by atoms with van der Waals surface area (Å²) in [5, 5.41) is 17.3. The summed E-state index contributed by atoms with van der Waals surface area (Å²) in [7, 11) is 0. The van der Waals surface area contributed by atoms with Crippen LogP contribution in [0.25, 0.3) is 6.08 Å². The highest BCUT2D eigenvalue weighted by Gasteiger charge is 2.04. The van der Waals surface area contributed by atoms with E-state index in [1.807, 2.05) is 0 Å². The van der Waals surface area contributed by atoms with E-state index in [1.54, 1.807) is 18.2 Å². The minimum atomic E-state index is -0.539. The van der Waals surface area contributed by atoms with E-state index < -0.39 is 5.82 Å². The third-order valence-electron chi connectivity index (χ3n) is 2.65. The number of benzene rings is 1. The molecule has 0 heterocycles. The third-order valence-corrected chi connectivity index (χ3v) is 2.65. The number of ether oxygens (including phenoxy) is 2. The number of unbranched alkanes of at least 4 members (excludes halogenated alkanes) is 1. The Kier molecular flexibility index (Phi) is 7.56. The van der Waals surface area contributed by atoms with Crippen LogP contribution in [0.3, 0.4) is 0 Å². The van der Waals surface area contributed by atoms with Crippen molar-refractivity contribution < 1.29 is 13.9 Å². The van der Waals surface area contributed by atoms with Crippen LogP contribution in [0.5, 0.6) is 5.75 Å². The first-order chi connectivity index (χ1) is 10.2. The van der Waals surface area contributed by atoms with Gasteiger partial charge in [0.1, 0.15) is 35.9 Å². The topological polar surface area (TPSA) is 66.0 Å². The zero-order chi connectivity index (χ0) is 15.5. The maximum Gasteiger partial charge on any atom is 0.134 e. The molecule has 0 aliphatic carbocycles. The molecular formula is C16H17FN2O2. The highest BCUT2D eigenvalue weighted by Crippen LogP contribution is 2.18. The van der Waals surface area contributed by atoms with Gasteiger partial charge in [-0.25, -0.2) is 4.39 Å². The average Bonchev–Trinajstić information content (AvgIpc) is 2.50. The van der Waals surface area contributed by atoms with Gasteiger partial charge in [-0.15, -0.1) is 0 Å². The lowest BCUT2D eigenvalue weighted by molar-refractivity contribution is 0.0979. The van der Waals surface area contributed by atoms with Gasteiger partial charge in [0.05, 0.1) is 6.61 Å². The molecule has 0 radical (unpaired) electrons. The van der Waals surface area contributed by atoms with Gasteiger partial charge in [-0.1, -0.05) is 13.3 Å². The molecule has 0 spiro atoms. The minimum Gasteiger partial charge on any atom is -0.491 e. The molecule has 0 saturated heterocycles. The highest BCUT2D eigenvalue weighted by atomic mass is 19.1. The van der Waals surface area contributed by atoms with Crippen molar-refractivity contribution in [2.45, 2.75) is 19.8 Å². The monoisotopic (exact) mass is 288 g/mol. The fraction of sp³-hybridized carbons (Fsp3) is 0.375.